The number of hydrogen-bond acceptors (Lipinski definition) is 4. The first-order valence-corrected chi connectivity index (χ1v) is 27.2. The Labute approximate surface area is 417 Å². The van der Waals surface area contributed by atoms with Gasteiger partial charge in [-0.05, 0) is 95.3 Å². The Hall–Kier alpha value is -5.10. The monoisotopic (exact) mass is 1070 g/mol. The number of nitrogens with zero attached hydrogens (tertiary/aromatic N) is 5. The van der Waals surface area contributed by atoms with Crippen molar-refractivity contribution < 1.29 is 35.4 Å². The van der Waals surface area contributed by atoms with Gasteiger partial charge in [0.1, 0.15) is 0 Å². The molecule has 2 aliphatic carbocycles. The summed E-state index contributed by atoms with van der Waals surface area (Å²) >= 11 is 0. The van der Waals surface area contributed by atoms with E-state index in [1.54, 1.807) is 36.4 Å². The summed E-state index contributed by atoms with van der Waals surface area (Å²) in [5.41, 5.74) is 9.94. The van der Waals surface area contributed by atoms with E-state index >= 15 is 0 Å². The van der Waals surface area contributed by atoms with Crippen molar-refractivity contribution in [1.29, 1.82) is 0 Å². The van der Waals surface area contributed by atoms with E-state index in [1.165, 1.54) is 96.3 Å². The molecular formula is C58H62N5OPtSi-3. The maximum atomic E-state index is 9.17. The summed E-state index contributed by atoms with van der Waals surface area (Å²) in [6.07, 6.45) is 12.4. The molecule has 2 aromatic heterocycles. The van der Waals surface area contributed by atoms with Crippen molar-refractivity contribution in [2.24, 2.45) is 6.98 Å². The van der Waals surface area contributed by atoms with Gasteiger partial charge < -0.3 is 23.7 Å². The fraction of sp³-hybridized carbons (Fsp3) is 0.345. The van der Waals surface area contributed by atoms with Crippen molar-refractivity contribution in [2.45, 2.75) is 122 Å². The van der Waals surface area contributed by atoms with Gasteiger partial charge in [0.05, 0.1) is 24.6 Å². The number of aromatic nitrogens is 3. The van der Waals surface area contributed by atoms with E-state index in [4.69, 9.17) is 19.3 Å². The second-order valence-electron chi connectivity index (χ2n) is 20.6. The molecule has 0 unspecified atom stereocenters. The molecule has 0 radical (unpaired) electrons. The van der Waals surface area contributed by atoms with Crippen LogP contribution in [-0.4, -0.2) is 22.2 Å². The molecule has 1 aliphatic heterocycles. The number of anilines is 4. The van der Waals surface area contributed by atoms with E-state index in [0.29, 0.717) is 45.3 Å². The summed E-state index contributed by atoms with van der Waals surface area (Å²) in [5, 5.41) is 1.85. The largest absolute Gasteiger partial charge is 0.509 e. The molecule has 0 bridgehead atoms. The fourth-order valence-corrected chi connectivity index (χ4v) is 11.8. The van der Waals surface area contributed by atoms with Gasteiger partial charge in [-0.2, -0.15) is 17.3 Å². The Balaban J connectivity index is 0.00000611. The molecular weight excluding hydrogens is 1010 g/mol. The van der Waals surface area contributed by atoms with Crippen LogP contribution in [0, 0.1) is 18.8 Å². The molecule has 3 aliphatic rings. The van der Waals surface area contributed by atoms with E-state index in [-0.39, 0.29) is 55.4 Å². The van der Waals surface area contributed by atoms with Gasteiger partial charge in [0.25, 0.3) is 0 Å². The van der Waals surface area contributed by atoms with Crippen LogP contribution in [0.5, 0.6) is 11.5 Å². The van der Waals surface area contributed by atoms with Crippen LogP contribution >= 0.6 is 0 Å². The minimum Gasteiger partial charge on any atom is -0.509 e. The minimum atomic E-state index is -2.69. The van der Waals surface area contributed by atoms with Crippen LogP contribution in [0.15, 0.2) is 109 Å². The molecule has 342 valence electrons. The third kappa shape index (κ3) is 8.02. The Kier molecular flexibility index (Phi) is 9.81. The van der Waals surface area contributed by atoms with Crippen LogP contribution in [-0.2, 0) is 33.5 Å². The van der Waals surface area contributed by atoms with Crippen LogP contribution in [0.25, 0.3) is 38.8 Å². The van der Waals surface area contributed by atoms with Gasteiger partial charge >= 0.3 is 0 Å². The Morgan fingerprint density at radius 1 is 0.727 bits per heavy atom. The van der Waals surface area contributed by atoms with E-state index in [9.17, 15) is 0 Å². The predicted octanol–water partition coefficient (Wildman–Crippen LogP) is 15.4. The second-order valence-corrected chi connectivity index (χ2v) is 25.7. The van der Waals surface area contributed by atoms with Gasteiger partial charge in [0.2, 0.25) is 5.95 Å². The van der Waals surface area contributed by atoms with Gasteiger partial charge in [-0.1, -0.05) is 139 Å². The zero-order valence-electron chi connectivity index (χ0n) is 45.8. The molecule has 6 nitrogen and oxygen atoms in total. The summed E-state index contributed by atoms with van der Waals surface area (Å²) in [6.45, 7) is 13.6. The standard InChI is InChI=1S/C58H62N5OSi.Pt/c1-58(2,3)41-32-48(39-20-10-8-11-21-39)56(49(33-41)40-22-12-9-13-23-40)62-38-61(53-28-18-19-29-54(53)62)42-34-44(36-45(35-42)65(5,6)7)64-43-30-31-47-46-24-14-16-26-51(46)63(55(47)37-43)57-59-50-25-15-17-27-52(50)60(57)4;/h14-19,24-33,35-36,38-40H,8-13,20-23H2,1-7H3;/q-3;/i4D3,14D,16D,24D,26D;. The molecule has 0 spiro atoms. The van der Waals surface area contributed by atoms with E-state index in [0.717, 1.165) is 21.6 Å². The van der Waals surface area contributed by atoms with Gasteiger partial charge in [-0.3, -0.25) is 0 Å². The van der Waals surface area contributed by atoms with Crippen molar-refractivity contribution in [3.63, 3.8) is 0 Å². The van der Waals surface area contributed by atoms with Gasteiger partial charge in [-0.15, -0.1) is 42.0 Å². The molecule has 2 saturated carbocycles. The molecule has 0 atom stereocenters. The normalized spacial score (nSPS) is 18.1. The predicted molar refractivity (Wildman–Crippen MR) is 274 cm³/mol. The van der Waals surface area contributed by atoms with E-state index < -0.39 is 27.1 Å². The molecule has 0 N–H and O–H groups in total. The first kappa shape index (κ1) is 36.9. The average Bonchev–Trinajstić information content (AvgIpc) is 4.05. The van der Waals surface area contributed by atoms with Crippen molar-refractivity contribution in [3.05, 3.63) is 145 Å². The number of ether oxygens (including phenoxy) is 1. The number of aryl methyl sites for hydroxylation is 1. The number of imidazole rings is 1. The fourth-order valence-electron chi connectivity index (χ4n) is 10.6. The number of hydrogen-bond donors (Lipinski definition) is 0. The second kappa shape index (κ2) is 17.5. The summed E-state index contributed by atoms with van der Waals surface area (Å²) in [4.78, 5) is 9.57. The molecule has 0 saturated heterocycles. The van der Waals surface area contributed by atoms with E-state index in [1.807, 2.05) is 0 Å². The average molecular weight is 1080 g/mol. The topological polar surface area (TPSA) is 38.5 Å². The van der Waals surface area contributed by atoms with Crippen LogP contribution in [0.3, 0.4) is 0 Å². The zero-order valence-corrected chi connectivity index (χ0v) is 42.1. The van der Waals surface area contributed by atoms with E-state index in [2.05, 4.69) is 118 Å². The quantitative estimate of drug-likeness (QED) is 0.112. The molecule has 66 heavy (non-hydrogen) atoms. The number of para-hydroxylation sites is 5. The molecule has 3 heterocycles. The molecule has 0 amide bonds. The SMILES string of the molecule is [2H]c1c([2H])c([2H])c2c(c1[2H])c1ccc(Oc3[c-]c(N4[CH-]N(c5c(C6CCCCC6)cc(C(C)(C)C)cc5C5CCCCC5)c5ccccc54)cc([Si](C)(C)C)c3)[c-]c1n2-c1nc2ccccc2n1C([2H])([2H])[2H].[Pt]. The van der Waals surface area contributed by atoms with Gasteiger partial charge in [-0.25, -0.2) is 4.98 Å². The molecule has 6 aromatic carbocycles. The van der Waals surface area contributed by atoms with Crippen molar-refractivity contribution in [3.8, 4) is 17.4 Å². The van der Waals surface area contributed by atoms with Crippen molar-refractivity contribution in [1.82, 2.24) is 14.1 Å². The molecule has 2 fully saturated rings. The summed E-state index contributed by atoms with van der Waals surface area (Å²) in [5.74, 6) is 1.72. The number of rotatable bonds is 8. The van der Waals surface area contributed by atoms with Gasteiger partial charge in [0, 0.05) is 66.2 Å². The first-order chi connectivity index (χ1) is 34.3. The van der Waals surface area contributed by atoms with Crippen LogP contribution < -0.4 is 19.7 Å². The Morgan fingerprint density at radius 2 is 1.38 bits per heavy atom. The summed E-state index contributed by atoms with van der Waals surface area (Å²) in [7, 11) is -2.02. The van der Waals surface area contributed by atoms with Crippen molar-refractivity contribution in [2.75, 3.05) is 9.80 Å². The van der Waals surface area contributed by atoms with Crippen LogP contribution in [0.1, 0.15) is 123 Å². The maximum absolute atomic E-state index is 9.17. The molecule has 11 rings (SSSR count). The van der Waals surface area contributed by atoms with Gasteiger partial charge in [0.15, 0.2) is 0 Å². The Morgan fingerprint density at radius 3 is 2.05 bits per heavy atom. The number of fused-ring (bicyclic) bond motifs is 5. The zero-order chi connectivity index (χ0) is 50.6. The third-order valence-electron chi connectivity index (χ3n) is 14.2. The van der Waals surface area contributed by atoms with Crippen molar-refractivity contribution >= 4 is 68.8 Å². The maximum Gasteiger partial charge on any atom is 0.213 e. The Bertz CT molecular complexity index is 3390. The smallest absolute Gasteiger partial charge is 0.213 e. The molecule has 8 heteroatoms. The molecule has 8 aromatic rings. The minimum absolute atomic E-state index is 0. The van der Waals surface area contributed by atoms with Crippen LogP contribution in [0.2, 0.25) is 19.6 Å². The van der Waals surface area contributed by atoms with Crippen LogP contribution in [0.4, 0.5) is 22.7 Å². The summed E-state index contributed by atoms with van der Waals surface area (Å²) in [6, 6.07) is 34.3. The third-order valence-corrected chi connectivity index (χ3v) is 16.2. The number of benzene rings is 6. The summed E-state index contributed by atoms with van der Waals surface area (Å²) < 4.78 is 71.0. The first-order valence-electron chi connectivity index (χ1n) is 27.2.